The Morgan fingerprint density at radius 2 is 2.29 bits per heavy atom. The van der Waals surface area contributed by atoms with Crippen molar-refractivity contribution in [3.63, 3.8) is 0 Å². The van der Waals surface area contributed by atoms with Crippen LogP contribution in [0.5, 0.6) is 0 Å². The van der Waals surface area contributed by atoms with Gasteiger partial charge in [0.25, 0.3) is 0 Å². The molecule has 0 spiro atoms. The third-order valence-corrected chi connectivity index (χ3v) is 3.32. The van der Waals surface area contributed by atoms with Crippen molar-refractivity contribution < 1.29 is 4.74 Å². The number of pyridine rings is 1. The lowest BCUT2D eigenvalue weighted by Crippen LogP contribution is -2.25. The fraction of sp³-hybridized carbons (Fsp3) is 0.615. The predicted octanol–water partition coefficient (Wildman–Crippen LogP) is 1.11. The Morgan fingerprint density at radius 3 is 3.00 bits per heavy atom. The summed E-state index contributed by atoms with van der Waals surface area (Å²) < 4.78 is 5.10. The minimum Gasteiger partial charge on any atom is -0.383 e. The molecule has 17 heavy (non-hydrogen) atoms. The average Bonchev–Trinajstić information content (AvgIpc) is 2.81. The van der Waals surface area contributed by atoms with Crippen molar-refractivity contribution >= 4 is 5.82 Å². The van der Waals surface area contributed by atoms with Gasteiger partial charge in [0.1, 0.15) is 5.82 Å². The number of anilines is 1. The van der Waals surface area contributed by atoms with E-state index < -0.39 is 0 Å². The van der Waals surface area contributed by atoms with Crippen LogP contribution in [0.1, 0.15) is 23.2 Å². The second-order valence-corrected chi connectivity index (χ2v) is 4.55. The molecule has 1 aromatic heterocycles. The fourth-order valence-corrected chi connectivity index (χ4v) is 2.32. The number of rotatable bonds is 5. The predicted molar refractivity (Wildman–Crippen MR) is 69.3 cm³/mol. The minimum atomic E-state index is 0.549. The summed E-state index contributed by atoms with van der Waals surface area (Å²) in [6, 6.07) is 2.23. The topological polar surface area (TPSA) is 51.4 Å². The maximum absolute atomic E-state index is 5.81. The summed E-state index contributed by atoms with van der Waals surface area (Å²) in [6.45, 7) is 2.10. The van der Waals surface area contributed by atoms with E-state index in [1.807, 2.05) is 7.05 Å². The molecule has 1 aliphatic rings. The molecular formula is C13H21N3O. The van der Waals surface area contributed by atoms with Gasteiger partial charge in [-0.3, -0.25) is 0 Å². The monoisotopic (exact) mass is 235 g/mol. The van der Waals surface area contributed by atoms with Gasteiger partial charge in [-0.15, -0.1) is 0 Å². The summed E-state index contributed by atoms with van der Waals surface area (Å²) in [5.74, 6) is 1.02. The van der Waals surface area contributed by atoms with E-state index in [0.29, 0.717) is 13.2 Å². The highest BCUT2D eigenvalue weighted by atomic mass is 16.5. The lowest BCUT2D eigenvalue weighted by Gasteiger charge is -2.21. The van der Waals surface area contributed by atoms with Crippen molar-refractivity contribution in [1.82, 2.24) is 4.98 Å². The zero-order valence-electron chi connectivity index (χ0n) is 10.7. The molecule has 0 radical (unpaired) electrons. The number of hydrogen-bond donors (Lipinski definition) is 1. The molecule has 4 nitrogen and oxygen atoms in total. The number of methoxy groups -OCH3 is 1. The molecular weight excluding hydrogens is 214 g/mol. The summed E-state index contributed by atoms with van der Waals surface area (Å²) in [7, 11) is 3.76. The van der Waals surface area contributed by atoms with E-state index in [-0.39, 0.29) is 0 Å². The first kappa shape index (κ1) is 12.3. The van der Waals surface area contributed by atoms with Gasteiger partial charge in [0.15, 0.2) is 0 Å². The average molecular weight is 235 g/mol. The summed E-state index contributed by atoms with van der Waals surface area (Å²) in [5.41, 5.74) is 9.59. The zero-order chi connectivity index (χ0) is 12.3. The third-order valence-electron chi connectivity index (χ3n) is 3.32. The lowest BCUT2D eigenvalue weighted by atomic mass is 10.1. The summed E-state index contributed by atoms with van der Waals surface area (Å²) in [5, 5.41) is 0. The van der Waals surface area contributed by atoms with Crippen LogP contribution < -0.4 is 10.6 Å². The van der Waals surface area contributed by atoms with E-state index in [0.717, 1.165) is 30.8 Å². The molecule has 0 atom stereocenters. The van der Waals surface area contributed by atoms with E-state index in [9.17, 15) is 0 Å². The van der Waals surface area contributed by atoms with Crippen LogP contribution in [0, 0.1) is 0 Å². The normalized spacial score (nSPS) is 13.8. The van der Waals surface area contributed by atoms with Crippen LogP contribution in [-0.2, 0) is 24.1 Å². The van der Waals surface area contributed by atoms with E-state index in [2.05, 4.69) is 11.0 Å². The molecule has 0 saturated heterocycles. The van der Waals surface area contributed by atoms with Crippen LogP contribution in [-0.4, -0.2) is 32.3 Å². The first-order valence-electron chi connectivity index (χ1n) is 6.18. The van der Waals surface area contributed by atoms with Crippen molar-refractivity contribution in [1.29, 1.82) is 0 Å². The Morgan fingerprint density at radius 1 is 1.47 bits per heavy atom. The van der Waals surface area contributed by atoms with Crippen LogP contribution in [0.15, 0.2) is 6.07 Å². The molecule has 4 heteroatoms. The zero-order valence-corrected chi connectivity index (χ0v) is 10.7. The number of aromatic nitrogens is 1. The Labute approximate surface area is 103 Å². The number of hydrogen-bond acceptors (Lipinski definition) is 4. The molecule has 1 heterocycles. The summed E-state index contributed by atoms with van der Waals surface area (Å²) in [4.78, 5) is 6.90. The maximum atomic E-state index is 5.81. The molecule has 0 fully saturated rings. The molecule has 0 bridgehead atoms. The number of likely N-dealkylation sites (N-methyl/N-ethyl adjacent to an activating group) is 1. The smallest absolute Gasteiger partial charge is 0.133 e. The second kappa shape index (κ2) is 5.47. The fourth-order valence-electron chi connectivity index (χ4n) is 2.32. The van der Waals surface area contributed by atoms with Crippen LogP contribution in [0.25, 0.3) is 0 Å². The number of aryl methyl sites for hydroxylation is 2. The van der Waals surface area contributed by atoms with Gasteiger partial charge in [-0.05, 0) is 30.9 Å². The van der Waals surface area contributed by atoms with E-state index >= 15 is 0 Å². The number of nitrogens with zero attached hydrogens (tertiary/aromatic N) is 2. The lowest BCUT2D eigenvalue weighted by molar-refractivity contribution is 0.206. The molecule has 94 valence electrons. The van der Waals surface area contributed by atoms with E-state index in [4.69, 9.17) is 15.5 Å². The first-order chi connectivity index (χ1) is 8.26. The summed E-state index contributed by atoms with van der Waals surface area (Å²) >= 11 is 0. The quantitative estimate of drug-likeness (QED) is 0.830. The van der Waals surface area contributed by atoms with E-state index in [1.54, 1.807) is 7.11 Å². The molecule has 0 amide bonds. The molecule has 1 aromatic rings. The van der Waals surface area contributed by atoms with Crippen molar-refractivity contribution in [3.05, 3.63) is 22.9 Å². The molecule has 0 aromatic carbocycles. The minimum absolute atomic E-state index is 0.549. The molecule has 0 unspecified atom stereocenters. The molecule has 0 saturated carbocycles. The van der Waals surface area contributed by atoms with Gasteiger partial charge in [0.05, 0.1) is 6.61 Å². The van der Waals surface area contributed by atoms with Crippen LogP contribution >= 0.6 is 0 Å². The highest BCUT2D eigenvalue weighted by Crippen LogP contribution is 2.26. The van der Waals surface area contributed by atoms with Gasteiger partial charge in [0.2, 0.25) is 0 Å². The van der Waals surface area contributed by atoms with Crippen LogP contribution in [0.4, 0.5) is 5.82 Å². The van der Waals surface area contributed by atoms with Crippen LogP contribution in [0.2, 0.25) is 0 Å². The Bertz CT molecular complexity index is 392. The van der Waals surface area contributed by atoms with Gasteiger partial charge in [0, 0.05) is 38.5 Å². The molecule has 2 N–H and O–H groups in total. The van der Waals surface area contributed by atoms with Gasteiger partial charge in [-0.25, -0.2) is 4.98 Å². The first-order valence-corrected chi connectivity index (χ1v) is 6.18. The molecule has 0 aliphatic heterocycles. The second-order valence-electron chi connectivity index (χ2n) is 4.55. The maximum Gasteiger partial charge on any atom is 0.133 e. The molecule has 2 rings (SSSR count). The van der Waals surface area contributed by atoms with Gasteiger partial charge in [-0.2, -0.15) is 0 Å². The Kier molecular flexibility index (Phi) is 3.97. The van der Waals surface area contributed by atoms with Gasteiger partial charge in [-0.1, -0.05) is 0 Å². The Hall–Kier alpha value is -1.13. The van der Waals surface area contributed by atoms with Gasteiger partial charge < -0.3 is 15.4 Å². The van der Waals surface area contributed by atoms with Crippen molar-refractivity contribution in [3.8, 4) is 0 Å². The largest absolute Gasteiger partial charge is 0.383 e. The highest BCUT2D eigenvalue weighted by molar-refractivity contribution is 5.50. The Balaban J connectivity index is 2.25. The number of nitrogens with two attached hydrogens (primary N) is 1. The highest BCUT2D eigenvalue weighted by Gasteiger charge is 2.17. The van der Waals surface area contributed by atoms with E-state index in [1.165, 1.54) is 17.7 Å². The number of ether oxygens (including phenoxy) is 1. The van der Waals surface area contributed by atoms with Crippen molar-refractivity contribution in [2.24, 2.45) is 5.73 Å². The van der Waals surface area contributed by atoms with Crippen LogP contribution in [0.3, 0.4) is 0 Å². The SMILES string of the molecule is COCCN(C)c1nc2c(cc1CN)CCC2. The molecule has 1 aliphatic carbocycles. The number of fused-ring (bicyclic) bond motifs is 1. The summed E-state index contributed by atoms with van der Waals surface area (Å²) in [6.07, 6.45) is 3.47. The third kappa shape index (κ3) is 2.58. The van der Waals surface area contributed by atoms with Crippen molar-refractivity contribution in [2.45, 2.75) is 25.8 Å². The van der Waals surface area contributed by atoms with Crippen molar-refractivity contribution in [2.75, 3.05) is 32.2 Å². The standard InChI is InChI=1S/C13H21N3O/c1-16(6-7-17-2)13-11(9-14)8-10-4-3-5-12(10)15-13/h8H,3-7,9,14H2,1-2H3. The van der Waals surface area contributed by atoms with Gasteiger partial charge >= 0.3 is 0 Å².